The zero-order valence-corrected chi connectivity index (χ0v) is 12.6. The molecule has 2 aromatic carbocycles. The first-order valence-corrected chi connectivity index (χ1v) is 7.23. The number of nitrogens with one attached hydrogen (secondary N) is 2. The van der Waals surface area contributed by atoms with Crippen LogP contribution in [0.25, 0.3) is 0 Å². The highest BCUT2D eigenvalue weighted by Crippen LogP contribution is 2.29. The lowest BCUT2D eigenvalue weighted by Crippen LogP contribution is -2.39. The van der Waals surface area contributed by atoms with E-state index < -0.39 is 23.7 Å². The van der Waals surface area contributed by atoms with Crippen LogP contribution in [0.4, 0.5) is 15.8 Å². The molecule has 2 aromatic rings. The van der Waals surface area contributed by atoms with Crippen LogP contribution in [0.3, 0.4) is 0 Å². The molecular formula is C16H12ClFN2O3. The van der Waals surface area contributed by atoms with E-state index in [0.29, 0.717) is 17.1 Å². The van der Waals surface area contributed by atoms with Crippen LogP contribution in [-0.2, 0) is 9.59 Å². The number of rotatable bonds is 3. The number of anilines is 2. The van der Waals surface area contributed by atoms with E-state index >= 15 is 0 Å². The topological polar surface area (TPSA) is 67.4 Å². The normalized spacial score (nSPS) is 16.1. The molecule has 0 aromatic heterocycles. The van der Waals surface area contributed by atoms with Crippen LogP contribution in [-0.4, -0.2) is 17.9 Å². The van der Waals surface area contributed by atoms with Crippen molar-refractivity contribution in [2.75, 3.05) is 10.6 Å². The highest BCUT2D eigenvalue weighted by atomic mass is 35.5. The molecule has 2 N–H and O–H groups in total. The van der Waals surface area contributed by atoms with E-state index in [9.17, 15) is 14.0 Å². The number of amides is 1. The summed E-state index contributed by atoms with van der Waals surface area (Å²) in [7, 11) is 0. The maximum Gasteiger partial charge on any atom is 0.334 e. The Hall–Kier alpha value is -2.60. The standard InChI is InChI=1S/C16H12ClFN2O3/c17-10-7-9(5-6-11(10)18)19-15(21)8-13-16(22)23-14-4-2-1-3-12(14)20-13/h1-7,13,20H,8H2,(H,19,21). The van der Waals surface area contributed by atoms with Gasteiger partial charge in [-0.1, -0.05) is 23.7 Å². The van der Waals surface area contributed by atoms with Gasteiger partial charge >= 0.3 is 5.97 Å². The van der Waals surface area contributed by atoms with Crippen molar-refractivity contribution in [1.29, 1.82) is 0 Å². The Morgan fingerprint density at radius 2 is 2.09 bits per heavy atom. The average Bonchev–Trinajstić information content (AvgIpc) is 2.51. The molecule has 23 heavy (non-hydrogen) atoms. The molecule has 0 bridgehead atoms. The molecule has 7 heteroatoms. The minimum atomic E-state index is -0.791. The van der Waals surface area contributed by atoms with Crippen molar-refractivity contribution >= 4 is 34.9 Å². The van der Waals surface area contributed by atoms with Gasteiger partial charge in [0, 0.05) is 5.69 Å². The Bertz CT molecular complexity index is 782. The van der Waals surface area contributed by atoms with Gasteiger partial charge in [0.2, 0.25) is 5.91 Å². The van der Waals surface area contributed by atoms with Crippen LogP contribution in [0.5, 0.6) is 5.75 Å². The molecule has 1 amide bonds. The summed E-state index contributed by atoms with van der Waals surface area (Å²) in [6, 6.07) is 10.0. The summed E-state index contributed by atoms with van der Waals surface area (Å²) < 4.78 is 18.3. The number of ether oxygens (including phenoxy) is 1. The minimum absolute atomic E-state index is 0.0908. The first-order chi connectivity index (χ1) is 11.0. The molecule has 118 valence electrons. The van der Waals surface area contributed by atoms with Gasteiger partial charge in [0.05, 0.1) is 17.1 Å². The van der Waals surface area contributed by atoms with Crippen LogP contribution in [0, 0.1) is 5.82 Å². The number of carbonyl (C=O) groups excluding carboxylic acids is 2. The summed E-state index contributed by atoms with van der Waals surface area (Å²) in [5.74, 6) is -1.09. The minimum Gasteiger partial charge on any atom is -0.423 e. The van der Waals surface area contributed by atoms with Gasteiger partial charge in [0.15, 0.2) is 5.75 Å². The zero-order valence-electron chi connectivity index (χ0n) is 11.8. The molecule has 0 spiro atoms. The number of hydrogen-bond acceptors (Lipinski definition) is 4. The van der Waals surface area contributed by atoms with E-state index in [0.717, 1.165) is 6.07 Å². The van der Waals surface area contributed by atoms with E-state index in [1.54, 1.807) is 24.3 Å². The predicted octanol–water partition coefficient (Wildman–Crippen LogP) is 3.21. The van der Waals surface area contributed by atoms with E-state index in [2.05, 4.69) is 10.6 Å². The Balaban J connectivity index is 1.66. The monoisotopic (exact) mass is 334 g/mol. The molecule has 1 aliphatic rings. The molecule has 1 unspecified atom stereocenters. The molecule has 0 saturated carbocycles. The average molecular weight is 335 g/mol. The maximum absolute atomic E-state index is 13.1. The summed E-state index contributed by atoms with van der Waals surface area (Å²) in [4.78, 5) is 23.9. The largest absolute Gasteiger partial charge is 0.423 e. The maximum atomic E-state index is 13.1. The fourth-order valence-electron chi connectivity index (χ4n) is 2.21. The molecule has 1 heterocycles. The smallest absolute Gasteiger partial charge is 0.334 e. The van der Waals surface area contributed by atoms with Crippen molar-refractivity contribution in [2.45, 2.75) is 12.5 Å². The number of fused-ring (bicyclic) bond motifs is 1. The fraction of sp³-hybridized carbons (Fsp3) is 0.125. The van der Waals surface area contributed by atoms with Gasteiger partial charge in [-0.2, -0.15) is 0 Å². The summed E-state index contributed by atoms with van der Waals surface area (Å²) in [6.45, 7) is 0. The van der Waals surface area contributed by atoms with Crippen molar-refractivity contribution in [2.24, 2.45) is 0 Å². The highest BCUT2D eigenvalue weighted by molar-refractivity contribution is 6.31. The van der Waals surface area contributed by atoms with Crippen LogP contribution in [0.1, 0.15) is 6.42 Å². The van der Waals surface area contributed by atoms with Gasteiger partial charge in [0.25, 0.3) is 0 Å². The molecule has 0 fully saturated rings. The second kappa shape index (κ2) is 6.26. The van der Waals surface area contributed by atoms with E-state index in [1.807, 2.05) is 0 Å². The van der Waals surface area contributed by atoms with Crippen molar-refractivity contribution < 1.29 is 18.7 Å². The lowest BCUT2D eigenvalue weighted by atomic mass is 10.1. The molecule has 5 nitrogen and oxygen atoms in total. The van der Waals surface area contributed by atoms with Gasteiger partial charge in [-0.15, -0.1) is 0 Å². The number of carbonyl (C=O) groups is 2. The Labute approximate surface area is 136 Å². The number of esters is 1. The lowest BCUT2D eigenvalue weighted by Gasteiger charge is -2.25. The van der Waals surface area contributed by atoms with Crippen LogP contribution < -0.4 is 15.4 Å². The number of benzene rings is 2. The molecule has 1 aliphatic heterocycles. The number of hydrogen-bond donors (Lipinski definition) is 2. The Morgan fingerprint density at radius 3 is 2.87 bits per heavy atom. The van der Waals surface area contributed by atoms with Crippen LogP contribution in [0.2, 0.25) is 5.02 Å². The highest BCUT2D eigenvalue weighted by Gasteiger charge is 2.29. The summed E-state index contributed by atoms with van der Waals surface area (Å²) >= 11 is 5.66. The third-order valence-electron chi connectivity index (χ3n) is 3.30. The number of para-hydroxylation sites is 2. The molecule has 0 aliphatic carbocycles. The SMILES string of the molecule is O=C(CC1Nc2ccccc2OC1=O)Nc1ccc(F)c(Cl)c1. The lowest BCUT2D eigenvalue weighted by molar-refractivity contribution is -0.137. The third kappa shape index (κ3) is 3.43. The molecule has 3 rings (SSSR count). The Morgan fingerprint density at radius 1 is 1.30 bits per heavy atom. The van der Waals surface area contributed by atoms with Gasteiger partial charge in [-0.3, -0.25) is 4.79 Å². The van der Waals surface area contributed by atoms with Gasteiger partial charge in [-0.25, -0.2) is 9.18 Å². The number of halogens is 2. The third-order valence-corrected chi connectivity index (χ3v) is 3.59. The Kier molecular flexibility index (Phi) is 4.16. The van der Waals surface area contributed by atoms with Crippen LogP contribution >= 0.6 is 11.6 Å². The van der Waals surface area contributed by atoms with Crippen molar-refractivity contribution in [1.82, 2.24) is 0 Å². The first-order valence-electron chi connectivity index (χ1n) is 6.85. The molecule has 0 radical (unpaired) electrons. The van der Waals surface area contributed by atoms with Gasteiger partial charge in [-0.05, 0) is 30.3 Å². The second-order valence-corrected chi connectivity index (χ2v) is 5.40. The summed E-state index contributed by atoms with van der Waals surface area (Å²) in [6.07, 6.45) is -0.123. The van der Waals surface area contributed by atoms with Crippen LogP contribution in [0.15, 0.2) is 42.5 Å². The first kappa shape index (κ1) is 15.3. The quantitative estimate of drug-likeness (QED) is 0.668. The molecule has 1 atom stereocenters. The van der Waals surface area contributed by atoms with Crippen molar-refractivity contribution in [3.05, 3.63) is 53.3 Å². The van der Waals surface area contributed by atoms with Crippen molar-refractivity contribution in [3.8, 4) is 5.75 Å². The summed E-state index contributed by atoms with van der Waals surface area (Å²) in [5, 5.41) is 5.44. The molecule has 0 saturated heterocycles. The van der Waals surface area contributed by atoms with Gasteiger partial charge < -0.3 is 15.4 Å². The van der Waals surface area contributed by atoms with E-state index in [-0.39, 0.29) is 11.4 Å². The summed E-state index contributed by atoms with van der Waals surface area (Å²) in [5.41, 5.74) is 1.00. The zero-order chi connectivity index (χ0) is 16.4. The molecular weight excluding hydrogens is 323 g/mol. The predicted molar refractivity (Wildman–Crippen MR) is 84.1 cm³/mol. The fourth-order valence-corrected chi connectivity index (χ4v) is 2.39. The van der Waals surface area contributed by atoms with E-state index in [1.165, 1.54) is 12.1 Å². The van der Waals surface area contributed by atoms with E-state index in [4.69, 9.17) is 16.3 Å². The van der Waals surface area contributed by atoms with Crippen molar-refractivity contribution in [3.63, 3.8) is 0 Å². The second-order valence-electron chi connectivity index (χ2n) is 5.00. The van der Waals surface area contributed by atoms with Gasteiger partial charge in [0.1, 0.15) is 11.9 Å².